The van der Waals surface area contributed by atoms with Gasteiger partial charge in [-0.05, 0) is 30.8 Å². The number of nitrogens with one attached hydrogen (secondary N) is 1. The molecule has 0 amide bonds. The van der Waals surface area contributed by atoms with Crippen LogP contribution in [0.15, 0.2) is 30.5 Å². The van der Waals surface area contributed by atoms with Crippen molar-refractivity contribution in [3.05, 3.63) is 36.2 Å². The molecule has 0 aliphatic heterocycles. The van der Waals surface area contributed by atoms with Crippen LogP contribution in [-0.4, -0.2) is 34.3 Å². The predicted octanol–water partition coefficient (Wildman–Crippen LogP) is 2.32. The fourth-order valence-corrected chi connectivity index (χ4v) is 1.70. The van der Waals surface area contributed by atoms with Crippen LogP contribution >= 0.6 is 0 Å². The molecule has 0 spiro atoms. The van der Waals surface area contributed by atoms with E-state index in [0.717, 1.165) is 12.2 Å². The quantitative estimate of drug-likeness (QED) is 0.889. The minimum absolute atomic E-state index is 0.157. The third-order valence-electron chi connectivity index (χ3n) is 2.66. The Labute approximate surface area is 119 Å². The molecule has 8 heteroatoms. The average Bonchev–Trinajstić information content (AvgIpc) is 2.91. The van der Waals surface area contributed by atoms with Crippen LogP contribution in [-0.2, 0) is 6.54 Å². The van der Waals surface area contributed by atoms with E-state index >= 15 is 0 Å². The standard InChI is InChI=1S/C13H15F3N4O/c1-2-17-7-11-8-18-19-20(11)10-3-5-12(6-4-10)21-9-13(14,15)16/h3-6,8,17H,2,7,9H2,1H3. The van der Waals surface area contributed by atoms with E-state index in [2.05, 4.69) is 20.4 Å². The van der Waals surface area contributed by atoms with E-state index < -0.39 is 12.8 Å². The van der Waals surface area contributed by atoms with E-state index in [-0.39, 0.29) is 5.75 Å². The van der Waals surface area contributed by atoms with E-state index in [0.29, 0.717) is 12.2 Å². The molecule has 2 rings (SSSR count). The summed E-state index contributed by atoms with van der Waals surface area (Å²) in [5.41, 5.74) is 1.57. The number of alkyl halides is 3. The molecule has 0 unspecified atom stereocenters. The van der Waals surface area contributed by atoms with Crippen molar-refractivity contribution >= 4 is 0 Å². The molecular formula is C13H15F3N4O. The van der Waals surface area contributed by atoms with Crippen molar-refractivity contribution in [1.82, 2.24) is 20.3 Å². The number of aromatic nitrogens is 3. The van der Waals surface area contributed by atoms with E-state index in [1.54, 1.807) is 23.0 Å². The number of benzene rings is 1. The molecule has 5 nitrogen and oxygen atoms in total. The van der Waals surface area contributed by atoms with Crippen LogP contribution in [0.2, 0.25) is 0 Å². The topological polar surface area (TPSA) is 52.0 Å². The molecular weight excluding hydrogens is 285 g/mol. The van der Waals surface area contributed by atoms with Gasteiger partial charge in [0, 0.05) is 6.54 Å². The first kappa shape index (κ1) is 15.3. The number of halogens is 3. The summed E-state index contributed by atoms with van der Waals surface area (Å²) in [6.45, 7) is 2.10. The SMILES string of the molecule is CCNCc1cnnn1-c1ccc(OCC(F)(F)F)cc1. The van der Waals surface area contributed by atoms with Crippen molar-refractivity contribution in [1.29, 1.82) is 0 Å². The molecule has 21 heavy (non-hydrogen) atoms. The van der Waals surface area contributed by atoms with Crippen LogP contribution in [0, 0.1) is 0 Å². The Hall–Kier alpha value is -2.09. The van der Waals surface area contributed by atoms with Gasteiger partial charge in [-0.2, -0.15) is 13.2 Å². The van der Waals surface area contributed by atoms with Gasteiger partial charge in [-0.25, -0.2) is 4.68 Å². The highest BCUT2D eigenvalue weighted by Gasteiger charge is 2.28. The van der Waals surface area contributed by atoms with E-state index in [9.17, 15) is 13.2 Å². The molecule has 0 bridgehead atoms. The molecule has 0 atom stereocenters. The molecule has 0 saturated carbocycles. The van der Waals surface area contributed by atoms with Crippen LogP contribution in [0.25, 0.3) is 5.69 Å². The zero-order chi connectivity index (χ0) is 15.3. The maximum Gasteiger partial charge on any atom is 0.422 e. The Morgan fingerprint density at radius 3 is 2.57 bits per heavy atom. The molecule has 0 aliphatic rings. The lowest BCUT2D eigenvalue weighted by molar-refractivity contribution is -0.153. The zero-order valence-electron chi connectivity index (χ0n) is 11.4. The smallest absolute Gasteiger partial charge is 0.422 e. The Morgan fingerprint density at radius 1 is 1.24 bits per heavy atom. The van der Waals surface area contributed by atoms with E-state index in [4.69, 9.17) is 0 Å². The minimum atomic E-state index is -4.34. The maximum atomic E-state index is 12.1. The molecule has 1 aromatic carbocycles. The number of rotatable bonds is 6. The molecule has 1 N–H and O–H groups in total. The van der Waals surface area contributed by atoms with Crippen molar-refractivity contribution in [3.63, 3.8) is 0 Å². The highest BCUT2D eigenvalue weighted by Crippen LogP contribution is 2.20. The van der Waals surface area contributed by atoms with Crippen molar-refractivity contribution in [2.24, 2.45) is 0 Å². The fourth-order valence-electron chi connectivity index (χ4n) is 1.70. The fraction of sp³-hybridized carbons (Fsp3) is 0.385. The molecule has 0 radical (unpaired) electrons. The monoisotopic (exact) mass is 300 g/mol. The third kappa shape index (κ3) is 4.45. The average molecular weight is 300 g/mol. The van der Waals surface area contributed by atoms with Gasteiger partial charge in [0.25, 0.3) is 0 Å². The second kappa shape index (κ2) is 6.57. The zero-order valence-corrected chi connectivity index (χ0v) is 11.4. The highest BCUT2D eigenvalue weighted by atomic mass is 19.4. The second-order valence-corrected chi connectivity index (χ2v) is 4.32. The van der Waals surface area contributed by atoms with Crippen molar-refractivity contribution in [2.45, 2.75) is 19.6 Å². The molecule has 0 fully saturated rings. The summed E-state index contributed by atoms with van der Waals surface area (Å²) in [4.78, 5) is 0. The van der Waals surface area contributed by atoms with Crippen molar-refractivity contribution < 1.29 is 17.9 Å². The number of ether oxygens (including phenoxy) is 1. The Kier molecular flexibility index (Phi) is 4.79. The first-order valence-electron chi connectivity index (χ1n) is 6.40. The van der Waals surface area contributed by atoms with Gasteiger partial charge < -0.3 is 10.1 Å². The molecule has 0 aliphatic carbocycles. The summed E-state index contributed by atoms with van der Waals surface area (Å²) < 4.78 is 42.5. The summed E-state index contributed by atoms with van der Waals surface area (Å²) in [5.74, 6) is 0.157. The van der Waals surface area contributed by atoms with Gasteiger partial charge in [-0.15, -0.1) is 5.10 Å². The number of hydrogen-bond donors (Lipinski definition) is 1. The molecule has 1 heterocycles. The van der Waals surface area contributed by atoms with E-state index in [1.165, 1.54) is 12.1 Å². The van der Waals surface area contributed by atoms with Gasteiger partial charge in [-0.1, -0.05) is 12.1 Å². The summed E-state index contributed by atoms with van der Waals surface area (Å²) in [6.07, 6.45) is -2.71. The van der Waals surface area contributed by atoms with Crippen molar-refractivity contribution in [3.8, 4) is 11.4 Å². The summed E-state index contributed by atoms with van der Waals surface area (Å²) >= 11 is 0. The van der Waals surface area contributed by atoms with Crippen LogP contribution < -0.4 is 10.1 Å². The van der Waals surface area contributed by atoms with E-state index in [1.807, 2.05) is 6.92 Å². The predicted molar refractivity (Wildman–Crippen MR) is 70.3 cm³/mol. The largest absolute Gasteiger partial charge is 0.484 e. The van der Waals surface area contributed by atoms with Gasteiger partial charge in [0.15, 0.2) is 6.61 Å². The minimum Gasteiger partial charge on any atom is -0.484 e. The summed E-state index contributed by atoms with van der Waals surface area (Å²) in [6, 6.07) is 6.21. The second-order valence-electron chi connectivity index (χ2n) is 4.32. The first-order valence-corrected chi connectivity index (χ1v) is 6.40. The number of hydrogen-bond acceptors (Lipinski definition) is 4. The summed E-state index contributed by atoms with van der Waals surface area (Å²) in [7, 11) is 0. The Balaban J connectivity index is 2.07. The van der Waals surface area contributed by atoms with Crippen LogP contribution in [0.3, 0.4) is 0 Å². The van der Waals surface area contributed by atoms with Gasteiger partial charge in [-0.3, -0.25) is 0 Å². The molecule has 1 aromatic heterocycles. The normalized spacial score (nSPS) is 11.6. The van der Waals surface area contributed by atoms with Gasteiger partial charge in [0.1, 0.15) is 5.75 Å². The lowest BCUT2D eigenvalue weighted by atomic mass is 10.3. The lowest BCUT2D eigenvalue weighted by Gasteiger charge is -2.10. The molecule has 114 valence electrons. The van der Waals surface area contributed by atoms with Crippen LogP contribution in [0.1, 0.15) is 12.6 Å². The lowest BCUT2D eigenvalue weighted by Crippen LogP contribution is -2.19. The van der Waals surface area contributed by atoms with Crippen molar-refractivity contribution in [2.75, 3.05) is 13.2 Å². The van der Waals surface area contributed by atoms with Gasteiger partial charge >= 0.3 is 6.18 Å². The Morgan fingerprint density at radius 2 is 1.95 bits per heavy atom. The molecule has 0 saturated heterocycles. The molecule has 2 aromatic rings. The third-order valence-corrected chi connectivity index (χ3v) is 2.66. The maximum absolute atomic E-state index is 12.1. The van der Waals surface area contributed by atoms with Gasteiger partial charge in [0.05, 0.1) is 17.6 Å². The highest BCUT2D eigenvalue weighted by molar-refractivity contribution is 5.37. The van der Waals surface area contributed by atoms with Gasteiger partial charge in [0.2, 0.25) is 0 Å². The van der Waals surface area contributed by atoms with Crippen LogP contribution in [0.4, 0.5) is 13.2 Å². The first-order chi connectivity index (χ1) is 9.99. The number of nitrogens with zero attached hydrogens (tertiary/aromatic N) is 3. The Bertz CT molecular complexity index is 566. The van der Waals surface area contributed by atoms with Crippen LogP contribution in [0.5, 0.6) is 5.75 Å². The summed E-state index contributed by atoms with van der Waals surface area (Å²) in [5, 5.41) is 11.0.